The van der Waals surface area contributed by atoms with Crippen molar-refractivity contribution < 1.29 is 9.21 Å². The number of hydrogen-bond donors (Lipinski definition) is 1. The molecule has 1 N–H and O–H groups in total. The Morgan fingerprint density at radius 3 is 2.69 bits per heavy atom. The zero-order valence-corrected chi connectivity index (χ0v) is 16.9. The molecule has 1 aromatic heterocycles. The van der Waals surface area contributed by atoms with Crippen LogP contribution < -0.4 is 5.32 Å². The fourth-order valence-corrected chi connectivity index (χ4v) is 4.47. The van der Waals surface area contributed by atoms with E-state index in [-0.39, 0.29) is 11.9 Å². The Bertz CT molecular complexity index is 728. The van der Waals surface area contributed by atoms with Crippen LogP contribution in [0.1, 0.15) is 55.0 Å². The second kappa shape index (κ2) is 9.01. The van der Waals surface area contributed by atoms with Gasteiger partial charge < -0.3 is 9.73 Å². The van der Waals surface area contributed by atoms with Gasteiger partial charge in [-0.25, -0.2) is 0 Å². The molecule has 0 spiro atoms. The summed E-state index contributed by atoms with van der Waals surface area (Å²) in [6.07, 6.45) is 3.49. The average Bonchev–Trinajstić information content (AvgIpc) is 3.10. The lowest BCUT2D eigenvalue weighted by molar-refractivity contribution is 0.0861. The summed E-state index contributed by atoms with van der Waals surface area (Å²) in [5, 5.41) is 3.92. The van der Waals surface area contributed by atoms with Gasteiger partial charge in [0.1, 0.15) is 5.76 Å². The lowest BCUT2D eigenvalue weighted by Gasteiger charge is -2.34. The Balaban J connectivity index is 1.49. The number of hydrogen-bond acceptors (Lipinski definition) is 3. The van der Waals surface area contributed by atoms with Gasteiger partial charge in [0.15, 0.2) is 5.76 Å². The molecule has 0 radical (unpaired) electrons. The summed E-state index contributed by atoms with van der Waals surface area (Å²) in [5.41, 5.74) is 1.23. The number of benzene rings is 1. The van der Waals surface area contributed by atoms with Crippen LogP contribution in [0.5, 0.6) is 0 Å². The van der Waals surface area contributed by atoms with Gasteiger partial charge in [0.25, 0.3) is 5.91 Å². The average molecular weight is 392 g/mol. The summed E-state index contributed by atoms with van der Waals surface area (Å²) < 4.78 is 5.75. The zero-order chi connectivity index (χ0) is 18.5. The number of nitrogens with one attached hydrogen (secondary N) is 1. The van der Waals surface area contributed by atoms with Gasteiger partial charge in [0, 0.05) is 16.8 Å². The van der Waals surface area contributed by atoms with Gasteiger partial charge in [0.05, 0.1) is 5.75 Å². The highest BCUT2D eigenvalue weighted by Crippen LogP contribution is 2.29. The number of carbonyl (C=O) groups excluding carboxylic acids is 1. The first-order valence-electron chi connectivity index (χ1n) is 9.24. The number of amides is 1. The molecular weight excluding hydrogens is 366 g/mol. The van der Waals surface area contributed by atoms with E-state index in [1.807, 2.05) is 30.3 Å². The summed E-state index contributed by atoms with van der Waals surface area (Å²) in [5.74, 6) is 3.95. The Morgan fingerprint density at radius 2 is 1.92 bits per heavy atom. The monoisotopic (exact) mass is 391 g/mol. The maximum absolute atomic E-state index is 12.5. The van der Waals surface area contributed by atoms with Crippen LogP contribution in [-0.4, -0.2) is 11.9 Å². The third-order valence-corrected chi connectivity index (χ3v) is 6.61. The van der Waals surface area contributed by atoms with Gasteiger partial charge in [-0.15, -0.1) is 11.8 Å². The highest BCUT2D eigenvalue weighted by Gasteiger charge is 2.29. The molecule has 1 aliphatic rings. The summed E-state index contributed by atoms with van der Waals surface area (Å²) in [7, 11) is 0. The maximum Gasteiger partial charge on any atom is 0.287 e. The fourth-order valence-electron chi connectivity index (χ4n) is 3.45. The van der Waals surface area contributed by atoms with Crippen LogP contribution in [0.2, 0.25) is 5.02 Å². The third-order valence-electron chi connectivity index (χ3n) is 5.34. The van der Waals surface area contributed by atoms with E-state index in [4.69, 9.17) is 16.0 Å². The first-order valence-corrected chi connectivity index (χ1v) is 10.8. The summed E-state index contributed by atoms with van der Waals surface area (Å²) in [4.78, 5) is 12.5. The van der Waals surface area contributed by atoms with Crippen molar-refractivity contribution in [3.63, 3.8) is 0 Å². The third kappa shape index (κ3) is 5.08. The molecule has 1 amide bonds. The van der Waals surface area contributed by atoms with E-state index < -0.39 is 0 Å². The fraction of sp³-hybridized carbons (Fsp3) is 0.476. The molecule has 1 aliphatic carbocycles. The van der Waals surface area contributed by atoms with E-state index in [0.717, 1.165) is 28.7 Å². The number of carbonyl (C=O) groups is 1. The predicted molar refractivity (Wildman–Crippen MR) is 109 cm³/mol. The second-order valence-electron chi connectivity index (χ2n) is 7.23. The van der Waals surface area contributed by atoms with Crippen LogP contribution in [0.3, 0.4) is 0 Å². The molecule has 0 bridgehead atoms. The van der Waals surface area contributed by atoms with Gasteiger partial charge in [0.2, 0.25) is 0 Å². The molecule has 0 saturated heterocycles. The molecular formula is C21H26ClNO2S. The predicted octanol–water partition coefficient (Wildman–Crippen LogP) is 5.92. The minimum atomic E-state index is -0.0927. The molecule has 5 heteroatoms. The molecule has 0 unspecified atom stereocenters. The van der Waals surface area contributed by atoms with Crippen molar-refractivity contribution in [2.75, 3.05) is 0 Å². The van der Waals surface area contributed by atoms with E-state index in [1.165, 1.54) is 18.4 Å². The van der Waals surface area contributed by atoms with Crippen molar-refractivity contribution in [2.45, 2.75) is 50.7 Å². The minimum Gasteiger partial charge on any atom is -0.455 e. The first kappa shape index (κ1) is 19.4. The van der Waals surface area contributed by atoms with Crippen molar-refractivity contribution in [3.8, 4) is 0 Å². The lowest BCUT2D eigenvalue weighted by Crippen LogP contribution is -2.43. The van der Waals surface area contributed by atoms with Gasteiger partial charge in [-0.1, -0.05) is 50.4 Å². The summed E-state index contributed by atoms with van der Waals surface area (Å²) >= 11 is 7.66. The van der Waals surface area contributed by atoms with Crippen LogP contribution in [0.4, 0.5) is 0 Å². The summed E-state index contributed by atoms with van der Waals surface area (Å²) in [6.45, 7) is 4.50. The number of halogens is 1. The second-order valence-corrected chi connectivity index (χ2v) is 8.65. The van der Waals surface area contributed by atoms with Crippen molar-refractivity contribution in [1.82, 2.24) is 5.32 Å². The van der Waals surface area contributed by atoms with Gasteiger partial charge >= 0.3 is 0 Å². The highest BCUT2D eigenvalue weighted by atomic mass is 35.5. The SMILES string of the molecule is C[C@@H]1[C@H](C)CCC[C@H]1NC(=O)c1ccc(CSCc2ccc(Cl)cc2)o1. The Hall–Kier alpha value is -1.39. The standard InChI is InChI=1S/C21H26ClNO2S/c1-14-4-3-5-19(15(14)2)23-21(24)20-11-10-18(25-20)13-26-12-16-6-8-17(22)9-7-16/h6-11,14-15,19H,3-5,12-13H2,1-2H3,(H,23,24)/t14-,15-,19-/m1/s1. The van der Waals surface area contributed by atoms with Gasteiger partial charge in [-0.3, -0.25) is 4.79 Å². The van der Waals surface area contributed by atoms with E-state index in [9.17, 15) is 4.79 Å². The van der Waals surface area contributed by atoms with E-state index >= 15 is 0 Å². The normalized spacial score (nSPS) is 23.0. The van der Waals surface area contributed by atoms with Gasteiger partial charge in [-0.2, -0.15) is 0 Å². The number of thioether (sulfide) groups is 1. The molecule has 1 fully saturated rings. The minimum absolute atomic E-state index is 0.0927. The van der Waals surface area contributed by atoms with Crippen molar-refractivity contribution in [1.29, 1.82) is 0 Å². The zero-order valence-electron chi connectivity index (χ0n) is 15.3. The van der Waals surface area contributed by atoms with Crippen LogP contribution in [0.25, 0.3) is 0 Å². The molecule has 2 aromatic rings. The highest BCUT2D eigenvalue weighted by molar-refractivity contribution is 7.97. The molecule has 140 valence electrons. The van der Waals surface area contributed by atoms with Crippen molar-refractivity contribution >= 4 is 29.3 Å². The molecule has 1 saturated carbocycles. The lowest BCUT2D eigenvalue weighted by atomic mass is 9.78. The largest absolute Gasteiger partial charge is 0.455 e. The molecule has 1 heterocycles. The Morgan fingerprint density at radius 1 is 1.15 bits per heavy atom. The Kier molecular flexibility index (Phi) is 6.71. The topological polar surface area (TPSA) is 42.2 Å². The quantitative estimate of drug-likeness (QED) is 0.664. The van der Waals surface area contributed by atoms with Crippen LogP contribution in [-0.2, 0) is 11.5 Å². The maximum atomic E-state index is 12.5. The van der Waals surface area contributed by atoms with E-state index in [2.05, 4.69) is 19.2 Å². The molecule has 26 heavy (non-hydrogen) atoms. The van der Waals surface area contributed by atoms with Crippen molar-refractivity contribution in [3.05, 3.63) is 58.5 Å². The molecule has 0 aliphatic heterocycles. The smallest absolute Gasteiger partial charge is 0.287 e. The van der Waals surface area contributed by atoms with E-state index in [1.54, 1.807) is 17.8 Å². The van der Waals surface area contributed by atoms with Crippen LogP contribution >= 0.6 is 23.4 Å². The Labute approximate surface area is 164 Å². The molecule has 3 nitrogen and oxygen atoms in total. The van der Waals surface area contributed by atoms with Crippen LogP contribution in [0, 0.1) is 11.8 Å². The number of rotatable bonds is 6. The molecule has 3 atom stereocenters. The van der Waals surface area contributed by atoms with Crippen LogP contribution in [0.15, 0.2) is 40.8 Å². The molecule has 3 rings (SSSR count). The first-order chi connectivity index (χ1) is 12.5. The van der Waals surface area contributed by atoms with Crippen molar-refractivity contribution in [2.24, 2.45) is 11.8 Å². The molecule has 1 aromatic carbocycles. The number of furan rings is 1. The van der Waals surface area contributed by atoms with E-state index in [0.29, 0.717) is 17.6 Å². The summed E-state index contributed by atoms with van der Waals surface area (Å²) in [6, 6.07) is 11.8. The van der Waals surface area contributed by atoms with Gasteiger partial charge in [-0.05, 0) is 48.1 Å².